The van der Waals surface area contributed by atoms with Gasteiger partial charge in [-0.3, -0.25) is 9.78 Å². The van der Waals surface area contributed by atoms with Gasteiger partial charge in [0.2, 0.25) is 0 Å². The largest absolute Gasteiger partial charge is 0.347 e. The van der Waals surface area contributed by atoms with Gasteiger partial charge in [-0.15, -0.1) is 11.3 Å². The van der Waals surface area contributed by atoms with Gasteiger partial charge >= 0.3 is 0 Å². The molecule has 0 saturated carbocycles. The summed E-state index contributed by atoms with van der Waals surface area (Å²) in [4.78, 5) is 16.9. The number of hydrogen-bond acceptors (Lipinski definition) is 3. The van der Waals surface area contributed by atoms with Crippen LogP contribution >= 0.6 is 43.2 Å². The van der Waals surface area contributed by atoms with Crippen LogP contribution in [0, 0.1) is 0 Å². The van der Waals surface area contributed by atoms with Crippen LogP contribution in [0.4, 0.5) is 0 Å². The highest BCUT2D eigenvalue weighted by atomic mass is 79.9. The summed E-state index contributed by atoms with van der Waals surface area (Å²) in [5.41, 5.74) is 0.551. The molecule has 17 heavy (non-hydrogen) atoms. The molecule has 1 N–H and O–H groups in total. The summed E-state index contributed by atoms with van der Waals surface area (Å²) in [5.74, 6) is -0.122. The second kappa shape index (κ2) is 5.75. The molecule has 0 aliphatic carbocycles. The molecule has 0 aliphatic heterocycles. The zero-order chi connectivity index (χ0) is 12.3. The molecule has 2 rings (SSSR count). The molecule has 0 radical (unpaired) electrons. The molecule has 3 nitrogen and oxygen atoms in total. The number of nitrogens with one attached hydrogen (secondary N) is 1. The van der Waals surface area contributed by atoms with E-state index < -0.39 is 0 Å². The van der Waals surface area contributed by atoms with Crippen LogP contribution in [0.5, 0.6) is 0 Å². The fourth-order valence-electron chi connectivity index (χ4n) is 1.25. The highest BCUT2D eigenvalue weighted by molar-refractivity contribution is 9.11. The quantitative estimate of drug-likeness (QED) is 0.890. The van der Waals surface area contributed by atoms with Crippen LogP contribution in [0.25, 0.3) is 0 Å². The van der Waals surface area contributed by atoms with E-state index in [0.717, 1.165) is 13.1 Å². The van der Waals surface area contributed by atoms with E-state index in [-0.39, 0.29) is 5.91 Å². The molecule has 2 heterocycles. The van der Waals surface area contributed by atoms with E-state index in [4.69, 9.17) is 0 Å². The summed E-state index contributed by atoms with van der Waals surface area (Å²) in [7, 11) is 0. The van der Waals surface area contributed by atoms with Crippen LogP contribution < -0.4 is 5.32 Å². The summed E-state index contributed by atoms with van der Waals surface area (Å²) < 4.78 is 1.86. The third-order valence-electron chi connectivity index (χ3n) is 2.02. The van der Waals surface area contributed by atoms with E-state index >= 15 is 0 Å². The molecule has 0 bridgehead atoms. The number of pyridine rings is 1. The van der Waals surface area contributed by atoms with Gasteiger partial charge in [-0.2, -0.15) is 0 Å². The van der Waals surface area contributed by atoms with Crippen LogP contribution in [-0.4, -0.2) is 10.9 Å². The molecule has 0 aliphatic rings. The first-order chi connectivity index (χ1) is 8.15. The topological polar surface area (TPSA) is 42.0 Å². The molecule has 0 fully saturated rings. The first-order valence-electron chi connectivity index (χ1n) is 4.78. The van der Waals surface area contributed by atoms with Crippen molar-refractivity contribution in [2.24, 2.45) is 0 Å². The van der Waals surface area contributed by atoms with Crippen molar-refractivity contribution < 1.29 is 4.79 Å². The van der Waals surface area contributed by atoms with E-state index in [0.29, 0.717) is 12.1 Å². The fourth-order valence-corrected chi connectivity index (χ4v) is 3.04. The van der Waals surface area contributed by atoms with Crippen LogP contribution in [0.15, 0.2) is 38.9 Å². The van der Waals surface area contributed by atoms with Crippen LogP contribution in [0.1, 0.15) is 15.2 Å². The lowest BCUT2D eigenvalue weighted by atomic mass is 10.2. The maximum absolute atomic E-state index is 11.8. The van der Waals surface area contributed by atoms with E-state index in [1.54, 1.807) is 29.8 Å². The maximum atomic E-state index is 11.8. The van der Waals surface area contributed by atoms with E-state index in [1.165, 1.54) is 0 Å². The number of nitrogens with zero attached hydrogens (tertiary/aromatic N) is 1. The molecule has 2 aromatic rings. The Morgan fingerprint density at radius 2 is 2.18 bits per heavy atom. The van der Waals surface area contributed by atoms with Crippen LogP contribution in [-0.2, 0) is 6.54 Å². The minimum absolute atomic E-state index is 0.122. The zero-order valence-corrected chi connectivity index (χ0v) is 12.6. The Hall–Kier alpha value is -0.720. The van der Waals surface area contributed by atoms with Crippen molar-refractivity contribution in [1.82, 2.24) is 10.3 Å². The number of halogens is 2. The monoisotopic (exact) mass is 374 g/mol. The standard InChI is InChI=1S/C11H8Br2N2OS/c12-8-3-7(4-14-5-8)11(16)15-6-9-1-2-10(13)17-9/h1-5H,6H2,(H,15,16). The molecule has 0 aromatic carbocycles. The first-order valence-corrected chi connectivity index (χ1v) is 7.18. The van der Waals surface area contributed by atoms with Gasteiger partial charge in [0.15, 0.2) is 0 Å². The number of carbonyl (C=O) groups excluding carboxylic acids is 1. The summed E-state index contributed by atoms with van der Waals surface area (Å²) in [6.07, 6.45) is 3.19. The smallest absolute Gasteiger partial charge is 0.253 e. The third kappa shape index (κ3) is 3.62. The van der Waals surface area contributed by atoms with E-state index in [9.17, 15) is 4.79 Å². The molecule has 0 atom stereocenters. The van der Waals surface area contributed by atoms with Gasteiger partial charge in [-0.25, -0.2) is 0 Å². The number of rotatable bonds is 3. The van der Waals surface area contributed by atoms with Crippen molar-refractivity contribution in [2.75, 3.05) is 0 Å². The second-order valence-electron chi connectivity index (χ2n) is 3.28. The van der Waals surface area contributed by atoms with Gasteiger partial charge in [0, 0.05) is 21.7 Å². The minimum atomic E-state index is -0.122. The van der Waals surface area contributed by atoms with E-state index in [2.05, 4.69) is 42.2 Å². The first kappa shape index (κ1) is 12.7. The normalized spacial score (nSPS) is 10.2. The van der Waals surface area contributed by atoms with Gasteiger partial charge in [-0.1, -0.05) is 0 Å². The lowest BCUT2D eigenvalue weighted by Gasteiger charge is -2.03. The van der Waals surface area contributed by atoms with Crippen molar-refractivity contribution in [3.63, 3.8) is 0 Å². The Kier molecular flexibility index (Phi) is 4.31. The van der Waals surface area contributed by atoms with Gasteiger partial charge < -0.3 is 5.32 Å². The van der Waals surface area contributed by atoms with Gasteiger partial charge in [-0.05, 0) is 50.1 Å². The Morgan fingerprint density at radius 1 is 1.35 bits per heavy atom. The fraction of sp³-hybridized carbons (Fsp3) is 0.0909. The summed E-state index contributed by atoms with van der Waals surface area (Å²) in [5, 5.41) is 2.85. The number of thiophene rings is 1. The minimum Gasteiger partial charge on any atom is -0.347 e. The highest BCUT2D eigenvalue weighted by Gasteiger charge is 2.06. The molecule has 6 heteroatoms. The summed E-state index contributed by atoms with van der Waals surface area (Å²) in [6.45, 7) is 0.529. The number of amides is 1. The predicted octanol–water partition coefficient (Wildman–Crippen LogP) is 3.60. The number of hydrogen-bond donors (Lipinski definition) is 1. The molecule has 1 amide bonds. The molecule has 0 unspecified atom stereocenters. The second-order valence-corrected chi connectivity index (χ2v) is 6.74. The van der Waals surface area contributed by atoms with Gasteiger partial charge in [0.25, 0.3) is 5.91 Å². The maximum Gasteiger partial charge on any atom is 0.253 e. The highest BCUT2D eigenvalue weighted by Crippen LogP contribution is 2.21. The molecule has 88 valence electrons. The lowest BCUT2D eigenvalue weighted by molar-refractivity contribution is 0.0951. The lowest BCUT2D eigenvalue weighted by Crippen LogP contribution is -2.22. The predicted molar refractivity (Wildman–Crippen MR) is 75.1 cm³/mol. The van der Waals surface area contributed by atoms with Crippen molar-refractivity contribution in [1.29, 1.82) is 0 Å². The molecule has 2 aromatic heterocycles. The summed E-state index contributed by atoms with van der Waals surface area (Å²) >= 11 is 8.27. The van der Waals surface area contributed by atoms with Crippen molar-refractivity contribution in [2.45, 2.75) is 6.54 Å². The number of carbonyl (C=O) groups is 1. The van der Waals surface area contributed by atoms with Crippen molar-refractivity contribution in [3.8, 4) is 0 Å². The van der Waals surface area contributed by atoms with E-state index in [1.807, 2.05) is 12.1 Å². The SMILES string of the molecule is O=C(NCc1ccc(Br)s1)c1cncc(Br)c1. The Bertz CT molecular complexity index is 542. The molecular formula is C11H8Br2N2OS. The third-order valence-corrected chi connectivity index (χ3v) is 4.08. The Labute approximate surface area is 120 Å². The number of aromatic nitrogens is 1. The Balaban J connectivity index is 1.98. The van der Waals surface area contributed by atoms with Crippen LogP contribution in [0.3, 0.4) is 0 Å². The molecule has 0 spiro atoms. The van der Waals surface area contributed by atoms with Crippen molar-refractivity contribution in [3.05, 3.63) is 49.3 Å². The summed E-state index contributed by atoms with van der Waals surface area (Å²) in [6, 6.07) is 5.69. The average molecular weight is 376 g/mol. The Morgan fingerprint density at radius 3 is 2.82 bits per heavy atom. The van der Waals surface area contributed by atoms with Crippen molar-refractivity contribution >= 4 is 49.1 Å². The van der Waals surface area contributed by atoms with Crippen LogP contribution in [0.2, 0.25) is 0 Å². The van der Waals surface area contributed by atoms with Gasteiger partial charge in [0.1, 0.15) is 0 Å². The molecular weight excluding hydrogens is 368 g/mol. The average Bonchev–Trinajstić information content (AvgIpc) is 2.72. The molecule has 0 saturated heterocycles. The van der Waals surface area contributed by atoms with Gasteiger partial charge in [0.05, 0.1) is 15.9 Å². The zero-order valence-electron chi connectivity index (χ0n) is 8.61.